The van der Waals surface area contributed by atoms with Crippen molar-refractivity contribution in [1.29, 1.82) is 0 Å². The normalized spacial score (nSPS) is 19.0. The minimum absolute atomic E-state index is 0.282. The van der Waals surface area contributed by atoms with Crippen LogP contribution < -0.4 is 5.32 Å². The van der Waals surface area contributed by atoms with Crippen molar-refractivity contribution >= 4 is 12.0 Å². The maximum atomic E-state index is 12.2. The summed E-state index contributed by atoms with van der Waals surface area (Å²) in [5.41, 5.74) is -0.513. The summed E-state index contributed by atoms with van der Waals surface area (Å²) in [7, 11) is 0. The minimum Gasteiger partial charge on any atom is -0.480 e. The Hall–Kier alpha value is -1.30. The highest BCUT2D eigenvalue weighted by Gasteiger charge is 2.34. The highest BCUT2D eigenvalue weighted by Crippen LogP contribution is 2.20. The first-order chi connectivity index (χ1) is 9.12. The minimum atomic E-state index is -0.994. The largest absolute Gasteiger partial charge is 0.480 e. The van der Waals surface area contributed by atoms with Gasteiger partial charge in [-0.15, -0.1) is 0 Å². The summed E-state index contributed by atoms with van der Waals surface area (Å²) in [4.78, 5) is 27.4. The fraction of sp³-hybridized carbons (Fsp3) is 0.857. The molecule has 1 fully saturated rings. The fourth-order valence-corrected chi connectivity index (χ4v) is 2.30. The van der Waals surface area contributed by atoms with Gasteiger partial charge in [-0.05, 0) is 19.3 Å². The van der Waals surface area contributed by atoms with Gasteiger partial charge in [0.1, 0.15) is 6.04 Å². The fourth-order valence-electron chi connectivity index (χ4n) is 2.30. The van der Waals surface area contributed by atoms with E-state index in [0.29, 0.717) is 19.1 Å². The molecule has 6 nitrogen and oxygen atoms in total. The highest BCUT2D eigenvalue weighted by atomic mass is 16.4. The number of carboxylic acid groups (broad SMARTS) is 1. The quantitative estimate of drug-likeness (QED) is 0.818. The summed E-state index contributed by atoms with van der Waals surface area (Å²) in [6, 6.07) is -0.685. The first-order valence-electron chi connectivity index (χ1n) is 7.15. The van der Waals surface area contributed by atoms with Crippen molar-refractivity contribution in [2.75, 3.05) is 26.2 Å². The molecule has 0 spiro atoms. The summed E-state index contributed by atoms with van der Waals surface area (Å²) in [6.07, 6.45) is 0. The molecule has 0 aromatic heterocycles. The predicted octanol–water partition coefficient (Wildman–Crippen LogP) is 1.22. The molecule has 0 aromatic carbocycles. The SMILES string of the molecule is CC(C)N1CCN(C(=O)N[C@@H](C(=O)O)C(C)(C)C)CC1. The third-order valence-electron chi connectivity index (χ3n) is 3.71. The van der Waals surface area contributed by atoms with Crippen LogP contribution in [0, 0.1) is 5.41 Å². The van der Waals surface area contributed by atoms with Gasteiger partial charge in [0, 0.05) is 32.2 Å². The van der Waals surface area contributed by atoms with E-state index in [1.165, 1.54) is 0 Å². The Labute approximate surface area is 121 Å². The second-order valence-corrected chi connectivity index (χ2v) is 6.70. The lowest BCUT2D eigenvalue weighted by molar-refractivity contribution is -0.142. The number of nitrogens with one attached hydrogen (secondary N) is 1. The molecule has 0 bridgehead atoms. The number of carboxylic acids is 1. The molecule has 1 aliphatic heterocycles. The molecule has 0 aromatic rings. The van der Waals surface area contributed by atoms with Crippen molar-refractivity contribution in [3.05, 3.63) is 0 Å². The average molecular weight is 285 g/mol. The molecule has 1 atom stereocenters. The summed E-state index contributed by atoms with van der Waals surface area (Å²) in [6.45, 7) is 12.6. The number of aliphatic carboxylic acids is 1. The van der Waals surface area contributed by atoms with E-state index in [0.717, 1.165) is 13.1 Å². The average Bonchev–Trinajstić information content (AvgIpc) is 2.33. The molecule has 1 aliphatic rings. The first kappa shape index (κ1) is 16.8. The molecule has 116 valence electrons. The Morgan fingerprint density at radius 3 is 1.95 bits per heavy atom. The van der Waals surface area contributed by atoms with Gasteiger partial charge in [-0.1, -0.05) is 20.8 Å². The molecule has 20 heavy (non-hydrogen) atoms. The lowest BCUT2D eigenvalue weighted by atomic mass is 9.87. The third-order valence-corrected chi connectivity index (χ3v) is 3.71. The Kier molecular flexibility index (Phi) is 5.39. The van der Waals surface area contributed by atoms with Crippen molar-refractivity contribution in [2.24, 2.45) is 5.41 Å². The van der Waals surface area contributed by atoms with E-state index in [1.807, 2.05) is 20.8 Å². The topological polar surface area (TPSA) is 72.9 Å². The molecule has 0 aliphatic carbocycles. The zero-order chi connectivity index (χ0) is 15.5. The van der Waals surface area contributed by atoms with E-state index >= 15 is 0 Å². The second-order valence-electron chi connectivity index (χ2n) is 6.70. The molecule has 0 unspecified atom stereocenters. The van der Waals surface area contributed by atoms with E-state index < -0.39 is 17.4 Å². The summed E-state index contributed by atoms with van der Waals surface area (Å²) in [5.74, 6) is -0.994. The van der Waals surface area contributed by atoms with E-state index in [2.05, 4.69) is 24.1 Å². The van der Waals surface area contributed by atoms with Crippen molar-refractivity contribution in [3.63, 3.8) is 0 Å². The van der Waals surface area contributed by atoms with Crippen LogP contribution in [0.15, 0.2) is 0 Å². The third kappa shape index (κ3) is 4.37. The van der Waals surface area contributed by atoms with Crippen LogP contribution in [0.5, 0.6) is 0 Å². The Bertz CT molecular complexity index is 355. The molecule has 1 rings (SSSR count). The molecule has 0 saturated carbocycles. The van der Waals surface area contributed by atoms with E-state index in [-0.39, 0.29) is 6.03 Å². The molecule has 2 N–H and O–H groups in total. The smallest absolute Gasteiger partial charge is 0.326 e. The van der Waals surface area contributed by atoms with E-state index in [1.54, 1.807) is 4.90 Å². The summed E-state index contributed by atoms with van der Waals surface area (Å²) >= 11 is 0. The Morgan fingerprint density at radius 1 is 1.10 bits per heavy atom. The number of hydrogen-bond donors (Lipinski definition) is 2. The predicted molar refractivity (Wildman–Crippen MR) is 77.7 cm³/mol. The van der Waals surface area contributed by atoms with Gasteiger partial charge in [-0.2, -0.15) is 0 Å². The van der Waals surface area contributed by atoms with Crippen molar-refractivity contribution in [3.8, 4) is 0 Å². The number of rotatable bonds is 3. The van der Waals surface area contributed by atoms with Crippen LogP contribution in [0.25, 0.3) is 0 Å². The molecular formula is C14H27N3O3. The van der Waals surface area contributed by atoms with Gasteiger partial charge in [0.05, 0.1) is 0 Å². The molecule has 2 amide bonds. The zero-order valence-corrected chi connectivity index (χ0v) is 13.1. The van der Waals surface area contributed by atoms with Gasteiger partial charge in [-0.25, -0.2) is 9.59 Å². The Balaban J connectivity index is 2.57. The molecule has 1 heterocycles. The first-order valence-corrected chi connectivity index (χ1v) is 7.15. The summed E-state index contributed by atoms with van der Waals surface area (Å²) < 4.78 is 0. The van der Waals surface area contributed by atoms with E-state index in [4.69, 9.17) is 0 Å². The number of carbonyl (C=O) groups is 2. The number of urea groups is 1. The number of nitrogens with zero attached hydrogens (tertiary/aromatic N) is 2. The lowest BCUT2D eigenvalue weighted by Gasteiger charge is -2.38. The van der Waals surface area contributed by atoms with Gasteiger partial charge < -0.3 is 15.3 Å². The molecule has 0 radical (unpaired) electrons. The van der Waals surface area contributed by atoms with Crippen LogP contribution in [0.4, 0.5) is 4.79 Å². The van der Waals surface area contributed by atoms with Crippen LogP contribution in [-0.4, -0.2) is 65.2 Å². The molecular weight excluding hydrogens is 258 g/mol. The second kappa shape index (κ2) is 6.43. The van der Waals surface area contributed by atoms with Crippen LogP contribution >= 0.6 is 0 Å². The maximum absolute atomic E-state index is 12.2. The van der Waals surface area contributed by atoms with Gasteiger partial charge >= 0.3 is 12.0 Å². The summed E-state index contributed by atoms with van der Waals surface area (Å²) in [5, 5.41) is 11.9. The Morgan fingerprint density at radius 2 is 1.60 bits per heavy atom. The number of hydrogen-bond acceptors (Lipinski definition) is 3. The molecule has 6 heteroatoms. The molecule has 1 saturated heterocycles. The van der Waals surface area contributed by atoms with Gasteiger partial charge in [0.2, 0.25) is 0 Å². The van der Waals surface area contributed by atoms with Crippen LogP contribution in [-0.2, 0) is 4.79 Å². The lowest BCUT2D eigenvalue weighted by Crippen LogP contribution is -2.57. The van der Waals surface area contributed by atoms with Crippen LogP contribution in [0.2, 0.25) is 0 Å². The number of amides is 2. The van der Waals surface area contributed by atoms with Gasteiger partial charge in [0.15, 0.2) is 0 Å². The van der Waals surface area contributed by atoms with Crippen molar-refractivity contribution in [2.45, 2.75) is 46.7 Å². The van der Waals surface area contributed by atoms with Crippen molar-refractivity contribution < 1.29 is 14.7 Å². The maximum Gasteiger partial charge on any atom is 0.326 e. The monoisotopic (exact) mass is 285 g/mol. The standard InChI is InChI=1S/C14H27N3O3/c1-10(2)16-6-8-17(9-7-16)13(20)15-11(12(18)19)14(3,4)5/h10-11H,6-9H2,1-5H3,(H,15,20)(H,18,19)/t11-/m0/s1. The van der Waals surface area contributed by atoms with Crippen LogP contribution in [0.3, 0.4) is 0 Å². The van der Waals surface area contributed by atoms with E-state index in [9.17, 15) is 14.7 Å². The van der Waals surface area contributed by atoms with Crippen LogP contribution in [0.1, 0.15) is 34.6 Å². The number of carbonyl (C=O) groups excluding carboxylic acids is 1. The zero-order valence-electron chi connectivity index (χ0n) is 13.1. The van der Waals surface area contributed by atoms with Crippen molar-refractivity contribution in [1.82, 2.24) is 15.1 Å². The number of piperazine rings is 1. The van der Waals surface area contributed by atoms with Gasteiger partial charge in [0.25, 0.3) is 0 Å². The van der Waals surface area contributed by atoms with Gasteiger partial charge in [-0.3, -0.25) is 4.90 Å². The highest BCUT2D eigenvalue weighted by molar-refractivity contribution is 5.83.